The summed E-state index contributed by atoms with van der Waals surface area (Å²) in [7, 11) is 0. The molecule has 0 atom stereocenters. The molecule has 3 rings (SSSR count). The van der Waals surface area contributed by atoms with Gasteiger partial charge in [-0.3, -0.25) is 4.79 Å². The van der Waals surface area contributed by atoms with Crippen LogP contribution in [0.3, 0.4) is 0 Å². The lowest BCUT2D eigenvalue weighted by Gasteiger charge is -2.02. The third-order valence-corrected chi connectivity index (χ3v) is 2.93. The molecule has 0 unspecified atom stereocenters. The monoisotopic (exact) mass is 249 g/mol. The van der Waals surface area contributed by atoms with Gasteiger partial charge in [-0.25, -0.2) is 0 Å². The summed E-state index contributed by atoms with van der Waals surface area (Å²) in [5.74, 6) is 0.619. The summed E-state index contributed by atoms with van der Waals surface area (Å²) in [6.45, 7) is 0. The van der Waals surface area contributed by atoms with E-state index < -0.39 is 0 Å². The minimum Gasteiger partial charge on any atom is -0.355 e. The van der Waals surface area contributed by atoms with Crippen LogP contribution in [0.25, 0.3) is 22.5 Å². The van der Waals surface area contributed by atoms with Crippen molar-refractivity contribution in [2.75, 3.05) is 0 Å². The Morgan fingerprint density at radius 3 is 2.00 bits per heavy atom. The Labute approximate surface area is 110 Å². The van der Waals surface area contributed by atoms with Gasteiger partial charge in [-0.1, -0.05) is 65.8 Å². The number of carbonyl (C=O) groups excluding carboxylic acids is 1. The van der Waals surface area contributed by atoms with Gasteiger partial charge >= 0.3 is 0 Å². The fourth-order valence-electron chi connectivity index (χ4n) is 2.05. The Kier molecular flexibility index (Phi) is 2.94. The summed E-state index contributed by atoms with van der Waals surface area (Å²) in [6, 6.07) is 19.3. The number of hydrogen-bond acceptors (Lipinski definition) is 3. The summed E-state index contributed by atoms with van der Waals surface area (Å²) in [5, 5.41) is 3.84. The smallest absolute Gasteiger partial charge is 0.175 e. The van der Waals surface area contributed by atoms with E-state index in [4.69, 9.17) is 4.52 Å². The van der Waals surface area contributed by atoms with Crippen LogP contribution in [0.4, 0.5) is 0 Å². The number of nitrogens with zero attached hydrogens (tertiary/aromatic N) is 1. The lowest BCUT2D eigenvalue weighted by atomic mass is 10.00. The van der Waals surface area contributed by atoms with E-state index in [0.29, 0.717) is 11.5 Å². The normalized spacial score (nSPS) is 10.3. The molecule has 0 fully saturated rings. The van der Waals surface area contributed by atoms with E-state index >= 15 is 0 Å². The van der Waals surface area contributed by atoms with Gasteiger partial charge in [0.15, 0.2) is 17.7 Å². The third-order valence-electron chi connectivity index (χ3n) is 2.93. The van der Waals surface area contributed by atoms with E-state index in [0.717, 1.165) is 23.0 Å². The Balaban J connectivity index is 2.23. The second-order valence-electron chi connectivity index (χ2n) is 4.12. The molecule has 0 N–H and O–H groups in total. The molecule has 0 bridgehead atoms. The maximum Gasteiger partial charge on any atom is 0.175 e. The maximum absolute atomic E-state index is 11.1. The maximum atomic E-state index is 11.1. The Morgan fingerprint density at radius 2 is 1.42 bits per heavy atom. The predicted octanol–water partition coefficient (Wildman–Crippen LogP) is 3.82. The number of benzene rings is 2. The SMILES string of the molecule is O=Cc1noc(-c2ccccc2)c1-c1ccccc1. The molecule has 0 spiro atoms. The molecule has 0 radical (unpaired) electrons. The molecule has 3 nitrogen and oxygen atoms in total. The van der Waals surface area contributed by atoms with E-state index in [2.05, 4.69) is 5.16 Å². The van der Waals surface area contributed by atoms with Crippen LogP contribution in [0.1, 0.15) is 10.5 Å². The first kappa shape index (κ1) is 11.4. The molecular weight excluding hydrogens is 238 g/mol. The first-order valence-electron chi connectivity index (χ1n) is 5.96. The summed E-state index contributed by atoms with van der Waals surface area (Å²) < 4.78 is 5.35. The van der Waals surface area contributed by atoms with Crippen LogP contribution in [-0.2, 0) is 0 Å². The van der Waals surface area contributed by atoms with Crippen molar-refractivity contribution in [1.82, 2.24) is 5.16 Å². The van der Waals surface area contributed by atoms with Crippen molar-refractivity contribution in [2.24, 2.45) is 0 Å². The van der Waals surface area contributed by atoms with Crippen molar-refractivity contribution in [3.63, 3.8) is 0 Å². The fourth-order valence-corrected chi connectivity index (χ4v) is 2.05. The summed E-state index contributed by atoms with van der Waals surface area (Å²) in [4.78, 5) is 11.1. The number of aromatic nitrogens is 1. The highest BCUT2D eigenvalue weighted by Crippen LogP contribution is 2.34. The van der Waals surface area contributed by atoms with Gasteiger partial charge in [0.2, 0.25) is 0 Å². The van der Waals surface area contributed by atoms with Gasteiger partial charge < -0.3 is 4.52 Å². The Hall–Kier alpha value is -2.68. The molecule has 2 aromatic carbocycles. The van der Waals surface area contributed by atoms with Crippen LogP contribution in [0.2, 0.25) is 0 Å². The first-order chi connectivity index (χ1) is 9.40. The average molecular weight is 249 g/mol. The van der Waals surface area contributed by atoms with Gasteiger partial charge in [0.25, 0.3) is 0 Å². The lowest BCUT2D eigenvalue weighted by molar-refractivity contribution is 0.111. The molecule has 19 heavy (non-hydrogen) atoms. The van der Waals surface area contributed by atoms with Crippen molar-refractivity contribution >= 4 is 6.29 Å². The van der Waals surface area contributed by atoms with Crippen LogP contribution in [-0.4, -0.2) is 11.4 Å². The Bertz CT molecular complexity index is 687. The summed E-state index contributed by atoms with van der Waals surface area (Å²) >= 11 is 0. The number of aldehydes is 1. The van der Waals surface area contributed by atoms with Gasteiger partial charge in [0.05, 0.1) is 5.56 Å². The van der Waals surface area contributed by atoms with Crippen molar-refractivity contribution in [3.8, 4) is 22.5 Å². The topological polar surface area (TPSA) is 43.1 Å². The van der Waals surface area contributed by atoms with Crippen molar-refractivity contribution in [2.45, 2.75) is 0 Å². The Morgan fingerprint density at radius 1 is 0.842 bits per heavy atom. The fraction of sp³-hybridized carbons (Fsp3) is 0. The quantitative estimate of drug-likeness (QED) is 0.663. The van der Waals surface area contributed by atoms with Crippen molar-refractivity contribution < 1.29 is 9.32 Å². The van der Waals surface area contributed by atoms with Gasteiger partial charge in [0, 0.05) is 5.56 Å². The van der Waals surface area contributed by atoms with E-state index in [9.17, 15) is 4.79 Å². The van der Waals surface area contributed by atoms with Gasteiger partial charge in [0.1, 0.15) is 0 Å². The number of hydrogen-bond donors (Lipinski definition) is 0. The molecule has 3 heteroatoms. The first-order valence-corrected chi connectivity index (χ1v) is 5.96. The zero-order valence-electron chi connectivity index (χ0n) is 10.1. The summed E-state index contributed by atoms with van der Waals surface area (Å²) in [5.41, 5.74) is 2.89. The minimum atomic E-state index is 0.324. The van der Waals surface area contributed by atoms with E-state index in [1.807, 2.05) is 60.7 Å². The van der Waals surface area contributed by atoms with E-state index in [1.54, 1.807) is 0 Å². The van der Waals surface area contributed by atoms with Gasteiger partial charge in [-0.15, -0.1) is 0 Å². The lowest BCUT2D eigenvalue weighted by Crippen LogP contribution is -1.86. The highest BCUT2D eigenvalue weighted by Gasteiger charge is 2.18. The second kappa shape index (κ2) is 4.90. The van der Waals surface area contributed by atoms with Crippen LogP contribution in [0.15, 0.2) is 65.2 Å². The molecule has 1 heterocycles. The van der Waals surface area contributed by atoms with E-state index in [-0.39, 0.29) is 0 Å². The zero-order valence-corrected chi connectivity index (χ0v) is 10.1. The van der Waals surface area contributed by atoms with Crippen molar-refractivity contribution in [3.05, 3.63) is 66.4 Å². The molecule has 1 aromatic heterocycles. The highest BCUT2D eigenvalue weighted by molar-refractivity contribution is 5.92. The largest absolute Gasteiger partial charge is 0.355 e. The predicted molar refractivity (Wildman–Crippen MR) is 72.8 cm³/mol. The molecule has 0 saturated heterocycles. The molecule has 0 aliphatic rings. The van der Waals surface area contributed by atoms with Gasteiger partial charge in [-0.05, 0) is 5.56 Å². The molecule has 92 valence electrons. The van der Waals surface area contributed by atoms with Crippen LogP contribution in [0.5, 0.6) is 0 Å². The molecular formula is C16H11NO2. The molecule has 0 saturated carbocycles. The zero-order chi connectivity index (χ0) is 13.1. The molecule has 0 aliphatic carbocycles. The molecule has 3 aromatic rings. The van der Waals surface area contributed by atoms with Crippen LogP contribution >= 0.6 is 0 Å². The minimum absolute atomic E-state index is 0.324. The summed E-state index contributed by atoms with van der Waals surface area (Å²) in [6.07, 6.45) is 0.721. The van der Waals surface area contributed by atoms with Crippen LogP contribution in [0, 0.1) is 0 Å². The average Bonchev–Trinajstić information content (AvgIpc) is 2.93. The van der Waals surface area contributed by atoms with Crippen molar-refractivity contribution in [1.29, 1.82) is 0 Å². The third kappa shape index (κ3) is 2.06. The number of carbonyl (C=O) groups is 1. The second-order valence-corrected chi connectivity index (χ2v) is 4.12. The number of rotatable bonds is 3. The standard InChI is InChI=1S/C16H11NO2/c18-11-14-15(12-7-3-1-4-8-12)16(19-17-14)13-9-5-2-6-10-13/h1-11H. The van der Waals surface area contributed by atoms with Gasteiger partial charge in [-0.2, -0.15) is 0 Å². The molecule has 0 aliphatic heterocycles. The van der Waals surface area contributed by atoms with Crippen LogP contribution < -0.4 is 0 Å². The van der Waals surface area contributed by atoms with E-state index in [1.165, 1.54) is 0 Å². The highest BCUT2D eigenvalue weighted by atomic mass is 16.5. The molecule has 0 amide bonds.